The number of benzene rings is 1. The third-order valence-corrected chi connectivity index (χ3v) is 2.62. The van der Waals surface area contributed by atoms with Crippen molar-refractivity contribution >= 4 is 11.8 Å². The molecule has 4 nitrogen and oxygen atoms in total. The van der Waals surface area contributed by atoms with Crippen LogP contribution in [-0.4, -0.2) is 31.0 Å². The lowest BCUT2D eigenvalue weighted by atomic mass is 10.1. The fourth-order valence-corrected chi connectivity index (χ4v) is 1.76. The van der Waals surface area contributed by atoms with Crippen LogP contribution in [0.15, 0.2) is 35.3 Å². The molecule has 1 aliphatic heterocycles. The summed E-state index contributed by atoms with van der Waals surface area (Å²) in [4.78, 5) is 15.2. The van der Waals surface area contributed by atoms with Gasteiger partial charge in [-0.25, -0.2) is 0 Å². The molecule has 1 aromatic rings. The molecule has 1 N–H and O–H groups in total. The number of amidine groups is 1. The summed E-state index contributed by atoms with van der Waals surface area (Å²) >= 11 is 0. The molecule has 0 saturated heterocycles. The van der Waals surface area contributed by atoms with Crippen LogP contribution in [0.1, 0.15) is 18.9 Å². The zero-order valence-corrected chi connectivity index (χ0v) is 9.85. The fraction of sp³-hybridized carbons (Fsp3) is 0.385. The van der Waals surface area contributed by atoms with E-state index in [1.165, 1.54) is 6.92 Å². The van der Waals surface area contributed by atoms with Gasteiger partial charge in [0.2, 0.25) is 0 Å². The average molecular weight is 232 g/mol. The Labute approximate surface area is 101 Å². The van der Waals surface area contributed by atoms with Gasteiger partial charge in [-0.3, -0.25) is 9.79 Å². The standard InChI is InChI=1S/C13H16N2O2/c1-10(16)17-9-12-7-8-14-13(15-12)11-5-3-2-4-6-11/h2-6,12H,7-9H2,1H3,(H,14,15)/t12-/m1/s1. The first-order valence-corrected chi connectivity index (χ1v) is 5.75. The molecule has 0 spiro atoms. The number of nitrogens with zero attached hydrogens (tertiary/aromatic N) is 1. The Bertz CT molecular complexity index is 415. The van der Waals surface area contributed by atoms with Gasteiger partial charge < -0.3 is 10.1 Å². The second-order valence-corrected chi connectivity index (χ2v) is 4.03. The van der Waals surface area contributed by atoms with E-state index in [1.54, 1.807) is 0 Å². The van der Waals surface area contributed by atoms with Gasteiger partial charge in [0.25, 0.3) is 0 Å². The van der Waals surface area contributed by atoms with Gasteiger partial charge in [0, 0.05) is 19.0 Å². The van der Waals surface area contributed by atoms with Crippen molar-refractivity contribution in [2.45, 2.75) is 19.4 Å². The summed E-state index contributed by atoms with van der Waals surface area (Å²) in [5.74, 6) is 0.643. The van der Waals surface area contributed by atoms with Crippen LogP contribution in [0.5, 0.6) is 0 Å². The zero-order valence-electron chi connectivity index (χ0n) is 9.85. The van der Waals surface area contributed by atoms with Gasteiger partial charge in [0.05, 0.1) is 6.04 Å². The van der Waals surface area contributed by atoms with E-state index in [9.17, 15) is 4.79 Å². The zero-order chi connectivity index (χ0) is 12.1. The molecule has 1 aromatic carbocycles. The van der Waals surface area contributed by atoms with Crippen molar-refractivity contribution in [2.75, 3.05) is 13.2 Å². The first kappa shape index (κ1) is 11.6. The lowest BCUT2D eigenvalue weighted by Crippen LogP contribution is -2.42. The summed E-state index contributed by atoms with van der Waals surface area (Å²) in [5, 5.41) is 3.30. The minimum absolute atomic E-state index is 0.159. The quantitative estimate of drug-likeness (QED) is 0.800. The summed E-state index contributed by atoms with van der Waals surface area (Å²) in [5.41, 5.74) is 1.07. The molecule has 0 saturated carbocycles. The molecule has 0 unspecified atom stereocenters. The lowest BCUT2D eigenvalue weighted by Gasteiger charge is -2.24. The van der Waals surface area contributed by atoms with Gasteiger partial charge in [0.15, 0.2) is 0 Å². The highest BCUT2D eigenvalue weighted by molar-refractivity contribution is 5.99. The number of carbonyl (C=O) groups excluding carboxylic acids is 1. The first-order valence-electron chi connectivity index (χ1n) is 5.75. The SMILES string of the molecule is CC(=O)OC[C@H]1CCN=C(c2ccccc2)N1. The Morgan fingerprint density at radius 1 is 1.47 bits per heavy atom. The van der Waals surface area contributed by atoms with Gasteiger partial charge in [0.1, 0.15) is 12.4 Å². The second kappa shape index (κ2) is 5.48. The van der Waals surface area contributed by atoms with E-state index in [1.807, 2.05) is 30.3 Å². The van der Waals surface area contributed by atoms with Crippen LogP contribution in [-0.2, 0) is 9.53 Å². The molecule has 0 radical (unpaired) electrons. The van der Waals surface area contributed by atoms with Crippen LogP contribution in [0.25, 0.3) is 0 Å². The molecule has 0 aromatic heterocycles. The molecule has 0 bridgehead atoms. The molecule has 1 atom stereocenters. The fourth-order valence-electron chi connectivity index (χ4n) is 1.76. The van der Waals surface area contributed by atoms with E-state index in [0.717, 1.165) is 24.4 Å². The second-order valence-electron chi connectivity index (χ2n) is 4.03. The minimum atomic E-state index is -0.240. The normalized spacial score (nSPS) is 19.1. The van der Waals surface area contributed by atoms with Crippen LogP contribution in [0.2, 0.25) is 0 Å². The molecule has 0 aliphatic carbocycles. The van der Waals surface area contributed by atoms with E-state index in [2.05, 4.69) is 10.3 Å². The molecular weight excluding hydrogens is 216 g/mol. The number of aliphatic imine (C=N–C) groups is 1. The van der Waals surface area contributed by atoms with Gasteiger partial charge >= 0.3 is 5.97 Å². The molecule has 90 valence electrons. The molecule has 1 heterocycles. The van der Waals surface area contributed by atoms with Gasteiger partial charge in [-0.15, -0.1) is 0 Å². The topological polar surface area (TPSA) is 50.7 Å². The largest absolute Gasteiger partial charge is 0.464 e. The number of nitrogens with one attached hydrogen (secondary N) is 1. The Balaban J connectivity index is 1.97. The molecule has 1 aliphatic rings. The van der Waals surface area contributed by atoms with Crippen LogP contribution >= 0.6 is 0 Å². The Hall–Kier alpha value is -1.84. The summed E-state index contributed by atoms with van der Waals surface area (Å²) in [7, 11) is 0. The van der Waals surface area contributed by atoms with Crippen molar-refractivity contribution in [3.63, 3.8) is 0 Å². The molecule has 4 heteroatoms. The van der Waals surface area contributed by atoms with Crippen molar-refractivity contribution in [2.24, 2.45) is 4.99 Å². The predicted molar refractivity (Wildman–Crippen MR) is 66.0 cm³/mol. The van der Waals surface area contributed by atoms with Crippen molar-refractivity contribution < 1.29 is 9.53 Å². The van der Waals surface area contributed by atoms with E-state index in [0.29, 0.717) is 6.61 Å². The average Bonchev–Trinajstić information content (AvgIpc) is 2.38. The number of ether oxygens (including phenoxy) is 1. The monoisotopic (exact) mass is 232 g/mol. The first-order chi connectivity index (χ1) is 8.25. The Morgan fingerprint density at radius 3 is 2.94 bits per heavy atom. The highest BCUT2D eigenvalue weighted by Crippen LogP contribution is 2.07. The van der Waals surface area contributed by atoms with Crippen molar-refractivity contribution in [3.8, 4) is 0 Å². The number of rotatable bonds is 3. The summed E-state index contributed by atoms with van der Waals surface area (Å²) in [6, 6.07) is 10.1. The molecule has 2 rings (SSSR count). The molecule has 0 amide bonds. The van der Waals surface area contributed by atoms with Crippen molar-refractivity contribution in [1.82, 2.24) is 5.32 Å². The predicted octanol–water partition coefficient (Wildman–Crippen LogP) is 1.36. The summed E-state index contributed by atoms with van der Waals surface area (Å²) in [6.45, 7) is 2.60. The van der Waals surface area contributed by atoms with Crippen LogP contribution in [0.4, 0.5) is 0 Å². The summed E-state index contributed by atoms with van der Waals surface area (Å²) in [6.07, 6.45) is 0.892. The van der Waals surface area contributed by atoms with Crippen LogP contribution < -0.4 is 5.32 Å². The Morgan fingerprint density at radius 2 is 2.24 bits per heavy atom. The molecule has 0 fully saturated rings. The van der Waals surface area contributed by atoms with Gasteiger partial charge in [-0.1, -0.05) is 30.3 Å². The number of carbonyl (C=O) groups is 1. The summed E-state index contributed by atoms with van der Waals surface area (Å²) < 4.78 is 5.01. The number of esters is 1. The van der Waals surface area contributed by atoms with E-state index >= 15 is 0 Å². The number of hydrogen-bond donors (Lipinski definition) is 1. The minimum Gasteiger partial charge on any atom is -0.464 e. The van der Waals surface area contributed by atoms with E-state index < -0.39 is 0 Å². The molecular formula is C13H16N2O2. The van der Waals surface area contributed by atoms with Crippen LogP contribution in [0.3, 0.4) is 0 Å². The molecule has 17 heavy (non-hydrogen) atoms. The van der Waals surface area contributed by atoms with Gasteiger partial charge in [-0.05, 0) is 6.42 Å². The van der Waals surface area contributed by atoms with Crippen molar-refractivity contribution in [3.05, 3.63) is 35.9 Å². The third kappa shape index (κ3) is 3.31. The van der Waals surface area contributed by atoms with E-state index in [4.69, 9.17) is 4.74 Å². The maximum absolute atomic E-state index is 10.8. The maximum atomic E-state index is 10.8. The highest BCUT2D eigenvalue weighted by atomic mass is 16.5. The number of hydrogen-bond acceptors (Lipinski definition) is 4. The lowest BCUT2D eigenvalue weighted by molar-refractivity contribution is -0.141. The highest BCUT2D eigenvalue weighted by Gasteiger charge is 2.17. The maximum Gasteiger partial charge on any atom is 0.302 e. The van der Waals surface area contributed by atoms with Crippen LogP contribution in [0, 0.1) is 0 Å². The smallest absolute Gasteiger partial charge is 0.302 e. The third-order valence-electron chi connectivity index (χ3n) is 2.62. The van der Waals surface area contributed by atoms with Crippen molar-refractivity contribution in [1.29, 1.82) is 0 Å². The van der Waals surface area contributed by atoms with E-state index in [-0.39, 0.29) is 12.0 Å². The Kier molecular flexibility index (Phi) is 3.75. The van der Waals surface area contributed by atoms with Gasteiger partial charge in [-0.2, -0.15) is 0 Å².